The fourth-order valence-electron chi connectivity index (χ4n) is 3.04. The van der Waals surface area contributed by atoms with E-state index in [-0.39, 0.29) is 29.6 Å². The van der Waals surface area contributed by atoms with E-state index in [0.717, 1.165) is 22.3 Å². The van der Waals surface area contributed by atoms with Crippen LogP contribution >= 0.6 is 0 Å². The molecule has 0 atom stereocenters. The van der Waals surface area contributed by atoms with E-state index in [2.05, 4.69) is 0 Å². The van der Waals surface area contributed by atoms with Crippen LogP contribution in [0.1, 0.15) is 59.6 Å². The van der Waals surface area contributed by atoms with Gasteiger partial charge in [-0.05, 0) is 46.1 Å². The Bertz CT molecular complexity index is 928. The van der Waals surface area contributed by atoms with Gasteiger partial charge in [0.05, 0.1) is 13.2 Å². The van der Waals surface area contributed by atoms with Gasteiger partial charge >= 0.3 is 11.9 Å². The Morgan fingerprint density at radius 2 is 1.06 bits per heavy atom. The molecule has 0 N–H and O–H groups in total. The van der Waals surface area contributed by atoms with Crippen LogP contribution < -0.4 is 0 Å². The van der Waals surface area contributed by atoms with Gasteiger partial charge in [-0.1, -0.05) is 102 Å². The molecule has 0 aliphatic carbocycles. The van der Waals surface area contributed by atoms with Gasteiger partial charge in [0.15, 0.2) is 0 Å². The van der Waals surface area contributed by atoms with Gasteiger partial charge in [-0.2, -0.15) is 0 Å². The maximum atomic E-state index is 13.0. The predicted octanol–water partition coefficient (Wildman–Crippen LogP) is 6.61. The van der Waals surface area contributed by atoms with Crippen LogP contribution in [0.25, 0.3) is 5.57 Å². The Balaban J connectivity index is 2.56. The molecule has 176 valence electrons. The highest BCUT2D eigenvalue weighted by atomic mass is 16.6. The molecule has 0 amide bonds. The highest BCUT2D eigenvalue weighted by molar-refractivity contribution is 6.14. The zero-order valence-electron chi connectivity index (χ0n) is 20.9. The number of rotatable bonds is 7. The summed E-state index contributed by atoms with van der Waals surface area (Å²) in [6.07, 6.45) is 1.59. The van der Waals surface area contributed by atoms with Crippen molar-refractivity contribution < 1.29 is 19.1 Å². The fraction of sp³-hybridized carbons (Fsp3) is 0.379. The van der Waals surface area contributed by atoms with Gasteiger partial charge in [-0.3, -0.25) is 0 Å². The molecule has 0 unspecified atom stereocenters. The Kier molecular flexibility index (Phi) is 8.81. The summed E-state index contributed by atoms with van der Waals surface area (Å²) >= 11 is 0. The molecule has 0 aliphatic heterocycles. The van der Waals surface area contributed by atoms with Crippen molar-refractivity contribution >= 4 is 17.5 Å². The number of benzene rings is 2. The summed E-state index contributed by atoms with van der Waals surface area (Å²) in [6, 6.07) is 19.8. The summed E-state index contributed by atoms with van der Waals surface area (Å²) in [4.78, 5) is 25.9. The molecule has 0 spiro atoms. The molecule has 0 saturated carbocycles. The Morgan fingerprint density at radius 1 is 0.697 bits per heavy atom. The highest BCUT2D eigenvalue weighted by Crippen LogP contribution is 2.28. The molecule has 2 rings (SSSR count). The van der Waals surface area contributed by atoms with Crippen molar-refractivity contribution in [3.8, 4) is 0 Å². The first-order chi connectivity index (χ1) is 15.4. The van der Waals surface area contributed by atoms with Crippen LogP contribution in [0.3, 0.4) is 0 Å². The number of hydrogen-bond acceptors (Lipinski definition) is 4. The third-order valence-electron chi connectivity index (χ3n) is 4.59. The zero-order chi connectivity index (χ0) is 24.6. The first-order valence-corrected chi connectivity index (χ1v) is 11.2. The number of allylic oxidation sites excluding steroid dienone is 2. The van der Waals surface area contributed by atoms with Gasteiger partial charge in [0.1, 0.15) is 5.57 Å². The largest absolute Gasteiger partial charge is 0.461 e. The summed E-state index contributed by atoms with van der Waals surface area (Å²) in [5, 5.41) is 0. The van der Waals surface area contributed by atoms with Crippen molar-refractivity contribution in [3.63, 3.8) is 0 Å². The summed E-state index contributed by atoms with van der Waals surface area (Å²) in [5.74, 6) is -1.35. The number of esters is 2. The lowest BCUT2D eigenvalue weighted by atomic mass is 9.92. The van der Waals surface area contributed by atoms with Crippen molar-refractivity contribution in [3.05, 3.63) is 89.0 Å². The minimum atomic E-state index is -0.677. The molecule has 0 bridgehead atoms. The summed E-state index contributed by atoms with van der Waals surface area (Å²) in [5.41, 5.74) is 3.13. The number of ether oxygens (including phenoxy) is 2. The maximum Gasteiger partial charge on any atom is 0.345 e. The Morgan fingerprint density at radius 3 is 1.39 bits per heavy atom. The molecular weight excluding hydrogens is 412 g/mol. The number of hydrogen-bond donors (Lipinski definition) is 0. The molecule has 4 heteroatoms. The van der Waals surface area contributed by atoms with Crippen LogP contribution in [0.15, 0.2) is 77.9 Å². The molecule has 4 nitrogen and oxygen atoms in total. The van der Waals surface area contributed by atoms with Crippen LogP contribution in [0, 0.1) is 10.8 Å². The standard InChI is InChI=1S/C29H36O4/c1-21(25(22-14-10-8-11-15-22)23-16-12-9-13-17-23)18-24(26(30)32-19-28(2,3)4)27(31)33-20-29(5,6)7/h8-18H,19-20H2,1-7H3. The SMILES string of the molecule is CC(C=C(C(=O)OCC(C)(C)C)C(=O)OCC(C)(C)C)=C(c1ccccc1)c1ccccc1. The topological polar surface area (TPSA) is 52.6 Å². The van der Waals surface area contributed by atoms with E-state index in [9.17, 15) is 9.59 Å². The van der Waals surface area contributed by atoms with Crippen molar-refractivity contribution in [2.45, 2.75) is 48.5 Å². The molecule has 0 saturated heterocycles. The van der Waals surface area contributed by atoms with E-state index in [1.54, 1.807) is 6.08 Å². The van der Waals surface area contributed by atoms with Gasteiger partial charge in [0.2, 0.25) is 0 Å². The first kappa shape index (κ1) is 26.1. The molecule has 0 radical (unpaired) electrons. The van der Waals surface area contributed by atoms with Gasteiger partial charge in [-0.25, -0.2) is 9.59 Å². The number of carbonyl (C=O) groups excluding carboxylic acids is 2. The Hall–Kier alpha value is -3.14. The second-order valence-corrected chi connectivity index (χ2v) is 10.6. The minimum absolute atomic E-state index is 0.106. The lowest BCUT2D eigenvalue weighted by molar-refractivity contribution is -0.150. The van der Waals surface area contributed by atoms with E-state index < -0.39 is 11.9 Å². The van der Waals surface area contributed by atoms with Crippen LogP contribution in [0.4, 0.5) is 0 Å². The molecular formula is C29H36O4. The van der Waals surface area contributed by atoms with E-state index in [1.807, 2.05) is 109 Å². The molecule has 2 aromatic carbocycles. The van der Waals surface area contributed by atoms with Crippen LogP contribution in [-0.4, -0.2) is 25.2 Å². The van der Waals surface area contributed by atoms with Crippen molar-refractivity contribution in [2.24, 2.45) is 10.8 Å². The predicted molar refractivity (Wildman–Crippen MR) is 133 cm³/mol. The van der Waals surface area contributed by atoms with Gasteiger partial charge in [0, 0.05) is 0 Å². The molecule has 2 aromatic rings. The molecule has 0 heterocycles. The lowest BCUT2D eigenvalue weighted by Gasteiger charge is -2.20. The average molecular weight is 449 g/mol. The van der Waals surface area contributed by atoms with E-state index in [1.165, 1.54) is 0 Å². The van der Waals surface area contributed by atoms with Crippen LogP contribution in [0.5, 0.6) is 0 Å². The summed E-state index contributed by atoms with van der Waals surface area (Å²) < 4.78 is 11.0. The molecule has 0 fully saturated rings. The first-order valence-electron chi connectivity index (χ1n) is 11.2. The summed E-state index contributed by atoms with van der Waals surface area (Å²) in [7, 11) is 0. The average Bonchev–Trinajstić information content (AvgIpc) is 2.75. The van der Waals surface area contributed by atoms with Gasteiger partial charge in [0.25, 0.3) is 0 Å². The van der Waals surface area contributed by atoms with Gasteiger partial charge in [-0.15, -0.1) is 0 Å². The Labute approximate surface area is 198 Å². The van der Waals surface area contributed by atoms with Gasteiger partial charge < -0.3 is 9.47 Å². The molecule has 0 aromatic heterocycles. The monoisotopic (exact) mass is 448 g/mol. The molecule has 33 heavy (non-hydrogen) atoms. The van der Waals surface area contributed by atoms with Crippen molar-refractivity contribution in [1.29, 1.82) is 0 Å². The quantitative estimate of drug-likeness (QED) is 0.157. The summed E-state index contributed by atoms with van der Waals surface area (Å²) in [6.45, 7) is 14.1. The third kappa shape index (κ3) is 8.72. The minimum Gasteiger partial charge on any atom is -0.461 e. The highest BCUT2D eigenvalue weighted by Gasteiger charge is 2.26. The smallest absolute Gasteiger partial charge is 0.345 e. The maximum absolute atomic E-state index is 13.0. The van der Waals surface area contributed by atoms with E-state index in [0.29, 0.717) is 0 Å². The second-order valence-electron chi connectivity index (χ2n) is 10.6. The fourth-order valence-corrected chi connectivity index (χ4v) is 3.04. The van der Waals surface area contributed by atoms with E-state index >= 15 is 0 Å². The number of carbonyl (C=O) groups is 2. The van der Waals surface area contributed by atoms with Crippen molar-refractivity contribution in [2.75, 3.05) is 13.2 Å². The van der Waals surface area contributed by atoms with Crippen molar-refractivity contribution in [1.82, 2.24) is 0 Å². The van der Waals surface area contributed by atoms with Crippen LogP contribution in [0.2, 0.25) is 0 Å². The van der Waals surface area contributed by atoms with Crippen LogP contribution in [-0.2, 0) is 19.1 Å². The normalized spacial score (nSPS) is 11.4. The van der Waals surface area contributed by atoms with E-state index in [4.69, 9.17) is 9.47 Å². The second kappa shape index (κ2) is 11.1. The lowest BCUT2D eigenvalue weighted by Crippen LogP contribution is -2.26. The zero-order valence-corrected chi connectivity index (χ0v) is 20.9. The molecule has 0 aliphatic rings. The third-order valence-corrected chi connectivity index (χ3v) is 4.59.